The maximum atomic E-state index is 12.9. The SMILES string of the molecule is COc1ccc2cc(CNS(=O)(=O)c3cccc4c(N)cccc34)ccc2c1.Cl. The second-order valence-corrected chi connectivity index (χ2v) is 8.31. The van der Waals surface area contributed by atoms with Gasteiger partial charge in [0.1, 0.15) is 5.75 Å². The molecule has 0 amide bonds. The van der Waals surface area contributed by atoms with E-state index >= 15 is 0 Å². The minimum absolute atomic E-state index is 0. The van der Waals surface area contributed by atoms with Crippen molar-refractivity contribution in [2.75, 3.05) is 12.8 Å². The summed E-state index contributed by atoms with van der Waals surface area (Å²) in [5.74, 6) is 0.788. The molecular formula is C22H21ClN2O3S. The van der Waals surface area contributed by atoms with Gasteiger partial charge in [-0.3, -0.25) is 0 Å². The molecule has 0 saturated heterocycles. The molecule has 5 nitrogen and oxygen atoms in total. The van der Waals surface area contributed by atoms with Crippen LogP contribution in [-0.2, 0) is 16.6 Å². The number of rotatable bonds is 5. The number of sulfonamides is 1. The number of nitrogens with one attached hydrogen (secondary N) is 1. The summed E-state index contributed by atoms with van der Waals surface area (Å²) in [6.07, 6.45) is 0. The minimum atomic E-state index is -3.69. The molecule has 0 heterocycles. The topological polar surface area (TPSA) is 81.4 Å². The molecule has 0 unspecified atom stereocenters. The van der Waals surface area contributed by atoms with Crippen molar-refractivity contribution in [3.05, 3.63) is 78.4 Å². The largest absolute Gasteiger partial charge is 0.497 e. The number of benzene rings is 4. The Bertz CT molecular complexity index is 1290. The van der Waals surface area contributed by atoms with Gasteiger partial charge < -0.3 is 10.5 Å². The van der Waals surface area contributed by atoms with E-state index in [9.17, 15) is 8.42 Å². The third-order valence-corrected chi connectivity index (χ3v) is 6.24. The monoisotopic (exact) mass is 428 g/mol. The Balaban J connectivity index is 0.00000240. The third-order valence-electron chi connectivity index (χ3n) is 4.78. The number of anilines is 1. The molecule has 150 valence electrons. The molecule has 0 aromatic heterocycles. The van der Waals surface area contributed by atoms with Gasteiger partial charge in [-0.1, -0.05) is 42.5 Å². The molecule has 7 heteroatoms. The van der Waals surface area contributed by atoms with Crippen molar-refractivity contribution in [2.45, 2.75) is 11.4 Å². The number of methoxy groups -OCH3 is 1. The van der Waals surface area contributed by atoms with Crippen molar-refractivity contribution in [3.8, 4) is 5.75 Å². The summed E-state index contributed by atoms with van der Waals surface area (Å²) in [5.41, 5.74) is 7.41. The number of nitrogens with two attached hydrogens (primary N) is 1. The van der Waals surface area contributed by atoms with E-state index in [1.807, 2.05) is 42.5 Å². The van der Waals surface area contributed by atoms with Crippen LogP contribution in [0.1, 0.15) is 5.56 Å². The summed E-state index contributed by atoms with van der Waals surface area (Å²) in [7, 11) is -2.06. The van der Waals surface area contributed by atoms with E-state index < -0.39 is 10.0 Å². The molecular weight excluding hydrogens is 408 g/mol. The molecule has 0 atom stereocenters. The van der Waals surface area contributed by atoms with Crippen LogP contribution in [0.4, 0.5) is 5.69 Å². The highest BCUT2D eigenvalue weighted by atomic mass is 35.5. The number of nitrogen functional groups attached to an aromatic ring is 1. The fourth-order valence-corrected chi connectivity index (χ4v) is 4.54. The number of hydrogen-bond donors (Lipinski definition) is 2. The molecule has 0 radical (unpaired) electrons. The molecule has 0 aliphatic heterocycles. The van der Waals surface area contributed by atoms with Gasteiger partial charge in [-0.05, 0) is 46.7 Å². The average molecular weight is 429 g/mol. The Morgan fingerprint density at radius 1 is 0.897 bits per heavy atom. The van der Waals surface area contributed by atoms with Crippen LogP contribution >= 0.6 is 12.4 Å². The van der Waals surface area contributed by atoms with Crippen LogP contribution in [0, 0.1) is 0 Å². The van der Waals surface area contributed by atoms with E-state index in [4.69, 9.17) is 10.5 Å². The van der Waals surface area contributed by atoms with Gasteiger partial charge in [0.05, 0.1) is 12.0 Å². The van der Waals surface area contributed by atoms with Crippen LogP contribution < -0.4 is 15.2 Å². The van der Waals surface area contributed by atoms with Crippen LogP contribution in [0.2, 0.25) is 0 Å². The van der Waals surface area contributed by atoms with Crippen molar-refractivity contribution in [1.82, 2.24) is 4.72 Å². The van der Waals surface area contributed by atoms with Crippen molar-refractivity contribution >= 4 is 49.7 Å². The summed E-state index contributed by atoms with van der Waals surface area (Å²) in [6, 6.07) is 22.0. The van der Waals surface area contributed by atoms with E-state index in [0.29, 0.717) is 11.1 Å². The second kappa shape index (κ2) is 8.29. The van der Waals surface area contributed by atoms with Gasteiger partial charge in [0.15, 0.2) is 0 Å². The van der Waals surface area contributed by atoms with Crippen LogP contribution in [0.15, 0.2) is 77.7 Å². The van der Waals surface area contributed by atoms with Crippen molar-refractivity contribution in [3.63, 3.8) is 0 Å². The Kier molecular flexibility index (Phi) is 5.98. The Morgan fingerprint density at radius 3 is 2.38 bits per heavy atom. The fraction of sp³-hybridized carbons (Fsp3) is 0.0909. The summed E-state index contributed by atoms with van der Waals surface area (Å²) < 4.78 is 33.8. The van der Waals surface area contributed by atoms with Gasteiger partial charge in [0.2, 0.25) is 10.0 Å². The van der Waals surface area contributed by atoms with Gasteiger partial charge in [-0.2, -0.15) is 0 Å². The van der Waals surface area contributed by atoms with E-state index in [-0.39, 0.29) is 23.8 Å². The van der Waals surface area contributed by atoms with Crippen LogP contribution in [0.5, 0.6) is 5.75 Å². The highest BCUT2D eigenvalue weighted by molar-refractivity contribution is 7.89. The summed E-state index contributed by atoms with van der Waals surface area (Å²) >= 11 is 0. The highest BCUT2D eigenvalue weighted by Gasteiger charge is 2.17. The Labute approximate surface area is 175 Å². The Hall–Kier alpha value is -2.80. The molecule has 0 spiro atoms. The standard InChI is InChI=1S/C22H20N2O3S.ClH/c1-27-18-11-10-16-12-15(8-9-17(16)13-18)14-24-28(25,26)22-7-3-4-19-20(22)5-2-6-21(19)23;/h2-13,24H,14,23H2,1H3;1H. The molecule has 4 aromatic rings. The number of hydrogen-bond acceptors (Lipinski definition) is 4. The normalized spacial score (nSPS) is 11.3. The van der Waals surface area contributed by atoms with Crippen molar-refractivity contribution < 1.29 is 13.2 Å². The van der Waals surface area contributed by atoms with Gasteiger partial charge >= 0.3 is 0 Å². The minimum Gasteiger partial charge on any atom is -0.497 e. The lowest BCUT2D eigenvalue weighted by atomic mass is 10.1. The molecule has 0 fully saturated rings. The van der Waals surface area contributed by atoms with Crippen LogP contribution in [0.3, 0.4) is 0 Å². The number of ether oxygens (including phenoxy) is 1. The quantitative estimate of drug-likeness (QED) is 0.459. The van der Waals surface area contributed by atoms with Gasteiger partial charge in [-0.15, -0.1) is 12.4 Å². The van der Waals surface area contributed by atoms with Crippen molar-refractivity contribution in [2.24, 2.45) is 0 Å². The predicted octanol–water partition coefficient (Wildman–Crippen LogP) is 4.48. The summed E-state index contributed by atoms with van der Waals surface area (Å²) in [5, 5.41) is 3.40. The molecule has 29 heavy (non-hydrogen) atoms. The molecule has 0 bridgehead atoms. The highest BCUT2D eigenvalue weighted by Crippen LogP contribution is 2.27. The molecule has 0 saturated carbocycles. The molecule has 4 aromatic carbocycles. The maximum Gasteiger partial charge on any atom is 0.241 e. The number of halogens is 1. The first-order valence-electron chi connectivity index (χ1n) is 8.81. The van der Waals surface area contributed by atoms with E-state index in [2.05, 4.69) is 4.72 Å². The molecule has 3 N–H and O–H groups in total. The fourth-order valence-electron chi connectivity index (χ4n) is 3.31. The first-order valence-corrected chi connectivity index (χ1v) is 10.3. The predicted molar refractivity (Wildman–Crippen MR) is 120 cm³/mol. The zero-order chi connectivity index (χ0) is 19.7. The zero-order valence-electron chi connectivity index (χ0n) is 15.8. The van der Waals surface area contributed by atoms with Crippen molar-refractivity contribution in [1.29, 1.82) is 0 Å². The number of fused-ring (bicyclic) bond motifs is 2. The van der Waals surface area contributed by atoms with Gasteiger partial charge in [0.25, 0.3) is 0 Å². The van der Waals surface area contributed by atoms with E-state index in [1.54, 1.807) is 37.4 Å². The van der Waals surface area contributed by atoms with Gasteiger partial charge in [-0.25, -0.2) is 13.1 Å². The smallest absolute Gasteiger partial charge is 0.241 e. The first kappa shape index (κ1) is 20.9. The molecule has 4 rings (SSSR count). The first-order chi connectivity index (χ1) is 13.5. The van der Waals surface area contributed by atoms with Gasteiger partial charge in [0, 0.05) is 23.0 Å². The zero-order valence-corrected chi connectivity index (χ0v) is 17.4. The summed E-state index contributed by atoms with van der Waals surface area (Å²) in [6.45, 7) is 0.197. The lowest BCUT2D eigenvalue weighted by Crippen LogP contribution is -2.23. The Morgan fingerprint density at radius 2 is 1.59 bits per heavy atom. The second-order valence-electron chi connectivity index (χ2n) is 6.57. The average Bonchev–Trinajstić information content (AvgIpc) is 2.71. The molecule has 0 aliphatic rings. The maximum absolute atomic E-state index is 12.9. The van der Waals surface area contributed by atoms with E-state index in [0.717, 1.165) is 27.5 Å². The van der Waals surface area contributed by atoms with Crippen LogP contribution in [-0.4, -0.2) is 15.5 Å². The lowest BCUT2D eigenvalue weighted by Gasteiger charge is -2.11. The summed E-state index contributed by atoms with van der Waals surface area (Å²) in [4.78, 5) is 0.225. The molecule has 0 aliphatic carbocycles. The lowest BCUT2D eigenvalue weighted by molar-refractivity contribution is 0.415. The van der Waals surface area contributed by atoms with Crippen LogP contribution in [0.25, 0.3) is 21.5 Å². The van der Waals surface area contributed by atoms with E-state index in [1.165, 1.54) is 0 Å². The third kappa shape index (κ3) is 4.15.